The van der Waals surface area contributed by atoms with Gasteiger partial charge in [0.15, 0.2) is 18.9 Å². The summed E-state index contributed by atoms with van der Waals surface area (Å²) in [6, 6.07) is 13.8. The second-order valence-corrected chi connectivity index (χ2v) is 4.38. The zero-order chi connectivity index (χ0) is 13.5. The van der Waals surface area contributed by atoms with E-state index in [-0.39, 0.29) is 5.97 Å². The molecule has 3 nitrogen and oxygen atoms in total. The third-order valence-corrected chi connectivity index (χ3v) is 2.77. The third kappa shape index (κ3) is 3.91. The summed E-state index contributed by atoms with van der Waals surface area (Å²) in [6.07, 6.45) is 4.64. The minimum absolute atomic E-state index is 0.256. The fourth-order valence-electron chi connectivity index (χ4n) is 1.77. The van der Waals surface area contributed by atoms with Crippen LogP contribution in [0.5, 0.6) is 0 Å². The van der Waals surface area contributed by atoms with Gasteiger partial charge in [0.05, 0.1) is 12.2 Å². The Bertz CT molecular complexity index is 520. The molecular weight excluding hydrogens is 238 g/mol. The van der Waals surface area contributed by atoms with Crippen molar-refractivity contribution in [1.82, 2.24) is 0 Å². The van der Waals surface area contributed by atoms with Crippen molar-refractivity contribution in [3.63, 3.8) is 0 Å². The number of carbonyl (C=O) groups is 1. The van der Waals surface area contributed by atoms with E-state index in [1.807, 2.05) is 42.1 Å². The molecule has 98 valence electrons. The van der Waals surface area contributed by atoms with Crippen molar-refractivity contribution < 1.29 is 14.1 Å². The third-order valence-electron chi connectivity index (χ3n) is 2.77. The first-order chi connectivity index (χ1) is 9.29. The number of hydrogen-bond donors (Lipinski definition) is 0. The molecule has 0 saturated carbocycles. The number of nitrogens with zero attached hydrogens (tertiary/aromatic N) is 1. The number of ether oxygens (including phenoxy) is 1. The normalized spacial score (nSPS) is 10.2. The van der Waals surface area contributed by atoms with Crippen LogP contribution in [-0.4, -0.2) is 12.6 Å². The molecule has 0 aliphatic heterocycles. The van der Waals surface area contributed by atoms with Crippen LogP contribution in [0.4, 0.5) is 0 Å². The van der Waals surface area contributed by atoms with Gasteiger partial charge in [0, 0.05) is 17.7 Å². The lowest BCUT2D eigenvalue weighted by molar-refractivity contribution is -0.688. The van der Waals surface area contributed by atoms with Gasteiger partial charge in [-0.05, 0) is 6.42 Å². The monoisotopic (exact) mass is 256 g/mol. The summed E-state index contributed by atoms with van der Waals surface area (Å²) in [5, 5.41) is 0. The summed E-state index contributed by atoms with van der Waals surface area (Å²) in [6.45, 7) is 3.25. The fraction of sp³-hybridized carbons (Fsp3) is 0.250. The fourth-order valence-corrected chi connectivity index (χ4v) is 1.77. The van der Waals surface area contributed by atoms with Gasteiger partial charge in [0.1, 0.15) is 0 Å². The van der Waals surface area contributed by atoms with Crippen LogP contribution in [0.25, 0.3) is 0 Å². The second-order valence-electron chi connectivity index (χ2n) is 4.38. The second kappa shape index (κ2) is 6.69. The van der Waals surface area contributed by atoms with Gasteiger partial charge in [0.2, 0.25) is 0 Å². The van der Waals surface area contributed by atoms with E-state index in [0.717, 1.165) is 13.0 Å². The van der Waals surface area contributed by atoms with Gasteiger partial charge < -0.3 is 4.74 Å². The molecule has 1 aromatic carbocycles. The van der Waals surface area contributed by atoms with E-state index in [2.05, 4.69) is 12.1 Å². The molecule has 0 unspecified atom stereocenters. The molecule has 0 fully saturated rings. The van der Waals surface area contributed by atoms with Crippen LogP contribution in [-0.2, 0) is 11.3 Å². The van der Waals surface area contributed by atoms with E-state index in [0.29, 0.717) is 12.2 Å². The summed E-state index contributed by atoms with van der Waals surface area (Å²) in [7, 11) is 0. The summed E-state index contributed by atoms with van der Waals surface area (Å²) >= 11 is 0. The van der Waals surface area contributed by atoms with Gasteiger partial charge in [-0.15, -0.1) is 0 Å². The van der Waals surface area contributed by atoms with Crippen LogP contribution in [0.2, 0.25) is 0 Å². The Morgan fingerprint density at radius 3 is 2.42 bits per heavy atom. The first-order valence-corrected chi connectivity index (χ1v) is 6.49. The van der Waals surface area contributed by atoms with E-state index in [1.165, 1.54) is 5.56 Å². The Morgan fingerprint density at radius 2 is 1.79 bits per heavy atom. The van der Waals surface area contributed by atoms with Crippen LogP contribution in [0.15, 0.2) is 54.9 Å². The lowest BCUT2D eigenvalue weighted by Crippen LogP contribution is -2.33. The van der Waals surface area contributed by atoms with Crippen molar-refractivity contribution in [3.05, 3.63) is 66.0 Å². The SMILES string of the molecule is CCCOC(=O)c1cc[n+](Cc2ccccc2)cc1. The van der Waals surface area contributed by atoms with E-state index in [1.54, 1.807) is 12.1 Å². The molecule has 2 rings (SSSR count). The van der Waals surface area contributed by atoms with Crippen molar-refractivity contribution >= 4 is 5.97 Å². The minimum Gasteiger partial charge on any atom is -0.462 e. The van der Waals surface area contributed by atoms with Crippen LogP contribution in [0.3, 0.4) is 0 Å². The minimum atomic E-state index is -0.256. The number of rotatable bonds is 5. The number of pyridine rings is 1. The molecule has 2 aromatic rings. The van der Waals surface area contributed by atoms with Gasteiger partial charge in [-0.25, -0.2) is 9.36 Å². The smallest absolute Gasteiger partial charge is 0.338 e. The number of carbonyl (C=O) groups excluding carboxylic acids is 1. The molecule has 19 heavy (non-hydrogen) atoms. The van der Waals surface area contributed by atoms with Gasteiger partial charge >= 0.3 is 5.97 Å². The van der Waals surface area contributed by atoms with E-state index < -0.39 is 0 Å². The molecule has 0 spiro atoms. The zero-order valence-corrected chi connectivity index (χ0v) is 11.1. The van der Waals surface area contributed by atoms with Crippen molar-refractivity contribution in [1.29, 1.82) is 0 Å². The standard InChI is InChI=1S/C16H18NO2/c1-2-12-19-16(18)15-8-10-17(11-9-15)13-14-6-4-3-5-7-14/h3-11H,2,12-13H2,1H3/q+1. The molecule has 0 N–H and O–H groups in total. The highest BCUT2D eigenvalue weighted by Crippen LogP contribution is 2.01. The summed E-state index contributed by atoms with van der Waals surface area (Å²) in [5.74, 6) is -0.256. The Labute approximate surface area is 113 Å². The van der Waals surface area contributed by atoms with Crippen molar-refractivity contribution in [3.8, 4) is 0 Å². The number of hydrogen-bond acceptors (Lipinski definition) is 2. The topological polar surface area (TPSA) is 30.2 Å². The van der Waals surface area contributed by atoms with Crippen molar-refractivity contribution in [2.45, 2.75) is 19.9 Å². The summed E-state index contributed by atoms with van der Waals surface area (Å²) < 4.78 is 7.12. The highest BCUT2D eigenvalue weighted by Gasteiger charge is 2.09. The summed E-state index contributed by atoms with van der Waals surface area (Å²) in [4.78, 5) is 11.6. The predicted molar refractivity (Wildman–Crippen MR) is 72.8 cm³/mol. The molecule has 0 saturated heterocycles. The van der Waals surface area contributed by atoms with Crippen molar-refractivity contribution in [2.75, 3.05) is 6.61 Å². The maximum Gasteiger partial charge on any atom is 0.338 e. The average Bonchev–Trinajstić information content (AvgIpc) is 2.46. The zero-order valence-electron chi connectivity index (χ0n) is 11.1. The lowest BCUT2D eigenvalue weighted by atomic mass is 10.2. The first kappa shape index (κ1) is 13.3. The molecule has 1 heterocycles. The molecule has 1 aromatic heterocycles. The van der Waals surface area contributed by atoms with Crippen LogP contribution in [0, 0.1) is 0 Å². The highest BCUT2D eigenvalue weighted by molar-refractivity contribution is 5.88. The van der Waals surface area contributed by atoms with Crippen molar-refractivity contribution in [2.24, 2.45) is 0 Å². The number of aromatic nitrogens is 1. The maximum absolute atomic E-state index is 11.6. The van der Waals surface area contributed by atoms with E-state index in [9.17, 15) is 4.79 Å². The summed E-state index contributed by atoms with van der Waals surface area (Å²) in [5.41, 5.74) is 1.83. The van der Waals surface area contributed by atoms with Crippen LogP contribution < -0.4 is 4.57 Å². The Morgan fingerprint density at radius 1 is 1.11 bits per heavy atom. The predicted octanol–water partition coefficient (Wildman–Crippen LogP) is 2.59. The average molecular weight is 256 g/mol. The quantitative estimate of drug-likeness (QED) is 0.608. The molecule has 0 aliphatic carbocycles. The Kier molecular flexibility index (Phi) is 4.67. The molecule has 3 heteroatoms. The van der Waals surface area contributed by atoms with Gasteiger partial charge in [-0.2, -0.15) is 0 Å². The van der Waals surface area contributed by atoms with Gasteiger partial charge in [0.25, 0.3) is 0 Å². The van der Waals surface area contributed by atoms with Crippen LogP contribution in [0.1, 0.15) is 29.3 Å². The van der Waals surface area contributed by atoms with E-state index in [4.69, 9.17) is 4.74 Å². The molecule has 0 bridgehead atoms. The van der Waals surface area contributed by atoms with E-state index >= 15 is 0 Å². The largest absolute Gasteiger partial charge is 0.462 e. The first-order valence-electron chi connectivity index (χ1n) is 6.49. The van der Waals surface area contributed by atoms with Gasteiger partial charge in [-0.1, -0.05) is 37.3 Å². The molecule has 0 radical (unpaired) electrons. The Balaban J connectivity index is 2.00. The molecule has 0 atom stereocenters. The van der Waals surface area contributed by atoms with Crippen LogP contribution >= 0.6 is 0 Å². The molecule has 0 amide bonds. The molecular formula is C16H18NO2+. The molecule has 0 aliphatic rings. The maximum atomic E-state index is 11.6. The highest BCUT2D eigenvalue weighted by atomic mass is 16.5. The lowest BCUT2D eigenvalue weighted by Gasteiger charge is -2.02. The number of benzene rings is 1. The van der Waals surface area contributed by atoms with Gasteiger partial charge in [-0.3, -0.25) is 0 Å². The Hall–Kier alpha value is -2.16. The number of esters is 1.